The Labute approximate surface area is 188 Å². The minimum absolute atomic E-state index is 0.166. The highest BCUT2D eigenvalue weighted by molar-refractivity contribution is 6.09. The molecule has 0 bridgehead atoms. The van der Waals surface area contributed by atoms with Crippen molar-refractivity contribution < 1.29 is 9.53 Å². The fourth-order valence-electron chi connectivity index (χ4n) is 4.83. The number of carbonyl (C=O) groups is 1. The molecule has 0 unspecified atom stereocenters. The van der Waals surface area contributed by atoms with Crippen LogP contribution in [0.5, 0.6) is 0 Å². The van der Waals surface area contributed by atoms with E-state index in [0.717, 1.165) is 98.2 Å². The van der Waals surface area contributed by atoms with Gasteiger partial charge in [0, 0.05) is 31.9 Å². The Kier molecular flexibility index (Phi) is 5.51. The molecule has 0 atom stereocenters. The van der Waals surface area contributed by atoms with E-state index in [-0.39, 0.29) is 5.91 Å². The number of ether oxygens (including phenoxy) is 1. The Morgan fingerprint density at radius 2 is 1.97 bits per heavy atom. The number of benzene rings is 1. The molecular weight excluding hydrogens is 404 g/mol. The Hall–Kier alpha value is -2.71. The largest absolute Gasteiger partial charge is 0.379 e. The SMILES string of the molecule is CCCc1cc(-c2nc3cc4c(cc3[nH]2)C(C)(C)C(=O)N4CCCN2CCOCC2)n[nH]1. The number of anilines is 1. The van der Waals surface area contributed by atoms with Gasteiger partial charge in [-0.3, -0.25) is 14.8 Å². The zero-order valence-corrected chi connectivity index (χ0v) is 19.2. The van der Waals surface area contributed by atoms with Crippen LogP contribution >= 0.6 is 0 Å². The summed E-state index contributed by atoms with van der Waals surface area (Å²) in [5, 5.41) is 7.52. The quantitative estimate of drug-likeness (QED) is 0.593. The van der Waals surface area contributed by atoms with E-state index in [9.17, 15) is 4.79 Å². The molecule has 1 aromatic carbocycles. The minimum Gasteiger partial charge on any atom is -0.379 e. The fourth-order valence-corrected chi connectivity index (χ4v) is 4.83. The summed E-state index contributed by atoms with van der Waals surface area (Å²) in [7, 11) is 0. The number of aromatic amines is 2. The molecule has 1 amide bonds. The number of nitrogens with one attached hydrogen (secondary N) is 2. The highest BCUT2D eigenvalue weighted by Crippen LogP contribution is 2.43. The van der Waals surface area contributed by atoms with Crippen LogP contribution in [0.2, 0.25) is 0 Å². The van der Waals surface area contributed by atoms with Crippen molar-refractivity contribution in [3.05, 3.63) is 29.5 Å². The number of nitrogens with zero attached hydrogens (tertiary/aromatic N) is 4. The molecule has 0 saturated carbocycles. The second-order valence-corrected chi connectivity index (χ2v) is 9.39. The van der Waals surface area contributed by atoms with Gasteiger partial charge in [0.05, 0.1) is 35.3 Å². The van der Waals surface area contributed by atoms with Gasteiger partial charge in [-0.2, -0.15) is 5.10 Å². The number of imidazole rings is 1. The molecule has 0 aliphatic carbocycles. The first-order chi connectivity index (χ1) is 15.5. The van der Waals surface area contributed by atoms with Crippen molar-refractivity contribution in [3.63, 3.8) is 0 Å². The molecule has 3 aromatic rings. The first-order valence-corrected chi connectivity index (χ1v) is 11.7. The zero-order valence-electron chi connectivity index (χ0n) is 19.2. The molecule has 8 nitrogen and oxygen atoms in total. The van der Waals surface area contributed by atoms with Crippen LogP contribution in [0.4, 0.5) is 5.69 Å². The number of morpholine rings is 1. The van der Waals surface area contributed by atoms with Crippen LogP contribution in [0.3, 0.4) is 0 Å². The smallest absolute Gasteiger partial charge is 0.237 e. The third-order valence-electron chi connectivity index (χ3n) is 6.70. The van der Waals surface area contributed by atoms with Crippen LogP contribution in [0.1, 0.15) is 44.9 Å². The van der Waals surface area contributed by atoms with Crippen LogP contribution in [0.15, 0.2) is 18.2 Å². The second-order valence-electron chi connectivity index (χ2n) is 9.39. The summed E-state index contributed by atoms with van der Waals surface area (Å²) in [5.74, 6) is 0.920. The van der Waals surface area contributed by atoms with Crippen LogP contribution in [0.25, 0.3) is 22.6 Å². The van der Waals surface area contributed by atoms with Crippen molar-refractivity contribution in [2.75, 3.05) is 44.3 Å². The number of aromatic nitrogens is 4. The molecule has 1 saturated heterocycles. The third kappa shape index (κ3) is 3.71. The normalized spacial score (nSPS) is 18.6. The number of amides is 1. The lowest BCUT2D eigenvalue weighted by molar-refractivity contribution is -0.122. The van der Waals surface area contributed by atoms with E-state index in [0.29, 0.717) is 0 Å². The standard InChI is InChI=1S/C24H32N6O2/c1-4-6-16-13-20(28-27-16)22-25-18-14-17-21(15-19(18)26-22)30(23(31)24(17,2)3)8-5-7-29-9-11-32-12-10-29/h13-15H,4-12H2,1-3H3,(H,25,26)(H,27,28). The molecular formula is C24H32N6O2. The van der Waals surface area contributed by atoms with E-state index >= 15 is 0 Å². The molecule has 170 valence electrons. The molecule has 2 N–H and O–H groups in total. The number of aryl methyl sites for hydroxylation is 1. The predicted molar refractivity (Wildman–Crippen MR) is 125 cm³/mol. The molecule has 8 heteroatoms. The molecule has 2 aliphatic rings. The summed E-state index contributed by atoms with van der Waals surface area (Å²) in [6.07, 6.45) is 2.98. The molecule has 32 heavy (non-hydrogen) atoms. The number of H-pyrrole nitrogens is 2. The van der Waals surface area contributed by atoms with E-state index < -0.39 is 5.41 Å². The summed E-state index contributed by atoms with van der Waals surface area (Å²) in [4.78, 5) is 25.8. The van der Waals surface area contributed by atoms with Crippen molar-refractivity contribution in [2.24, 2.45) is 0 Å². The molecule has 1 fully saturated rings. The lowest BCUT2D eigenvalue weighted by Crippen LogP contribution is -2.40. The average molecular weight is 437 g/mol. The first kappa shape index (κ1) is 21.2. The van der Waals surface area contributed by atoms with E-state index in [2.05, 4.69) is 45.2 Å². The molecule has 2 aromatic heterocycles. The number of rotatable bonds is 7. The third-order valence-corrected chi connectivity index (χ3v) is 6.70. The number of fused-ring (bicyclic) bond motifs is 2. The summed E-state index contributed by atoms with van der Waals surface area (Å²) >= 11 is 0. The summed E-state index contributed by atoms with van der Waals surface area (Å²) < 4.78 is 5.44. The van der Waals surface area contributed by atoms with Gasteiger partial charge in [0.1, 0.15) is 5.69 Å². The minimum atomic E-state index is -0.547. The maximum Gasteiger partial charge on any atom is 0.237 e. The molecule has 0 radical (unpaired) electrons. The summed E-state index contributed by atoms with van der Waals surface area (Å²) in [5.41, 5.74) is 5.24. The summed E-state index contributed by atoms with van der Waals surface area (Å²) in [6, 6.07) is 6.21. The first-order valence-electron chi connectivity index (χ1n) is 11.7. The Morgan fingerprint density at radius 1 is 1.16 bits per heavy atom. The maximum absolute atomic E-state index is 13.3. The lowest BCUT2D eigenvalue weighted by atomic mass is 9.86. The van der Waals surface area contributed by atoms with Crippen LogP contribution in [-0.2, 0) is 21.4 Å². The van der Waals surface area contributed by atoms with Gasteiger partial charge in [-0.25, -0.2) is 4.98 Å². The van der Waals surface area contributed by atoms with Gasteiger partial charge in [-0.15, -0.1) is 0 Å². The van der Waals surface area contributed by atoms with E-state index in [1.807, 2.05) is 18.7 Å². The molecule has 5 rings (SSSR count). The van der Waals surface area contributed by atoms with E-state index in [4.69, 9.17) is 9.72 Å². The number of hydrogen-bond donors (Lipinski definition) is 2. The van der Waals surface area contributed by atoms with Gasteiger partial charge < -0.3 is 14.6 Å². The van der Waals surface area contributed by atoms with Crippen molar-refractivity contribution >= 4 is 22.6 Å². The van der Waals surface area contributed by atoms with E-state index in [1.54, 1.807) is 0 Å². The van der Waals surface area contributed by atoms with Crippen LogP contribution in [-0.4, -0.2) is 70.4 Å². The average Bonchev–Trinajstić information content (AvgIpc) is 3.46. The Morgan fingerprint density at radius 3 is 2.75 bits per heavy atom. The van der Waals surface area contributed by atoms with Gasteiger partial charge in [0.15, 0.2) is 5.82 Å². The number of hydrogen-bond acceptors (Lipinski definition) is 5. The van der Waals surface area contributed by atoms with Crippen molar-refractivity contribution in [1.29, 1.82) is 0 Å². The van der Waals surface area contributed by atoms with Crippen molar-refractivity contribution in [3.8, 4) is 11.5 Å². The fraction of sp³-hybridized carbons (Fsp3) is 0.542. The Bertz CT molecular complexity index is 1120. The maximum atomic E-state index is 13.3. The monoisotopic (exact) mass is 436 g/mol. The van der Waals surface area contributed by atoms with Gasteiger partial charge in [-0.05, 0) is 50.5 Å². The van der Waals surface area contributed by atoms with Gasteiger partial charge in [0.25, 0.3) is 0 Å². The molecule has 2 aliphatic heterocycles. The Balaban J connectivity index is 1.40. The lowest BCUT2D eigenvalue weighted by Gasteiger charge is -2.27. The molecule has 4 heterocycles. The second kappa shape index (κ2) is 8.33. The van der Waals surface area contributed by atoms with Gasteiger partial charge >= 0.3 is 0 Å². The van der Waals surface area contributed by atoms with Crippen molar-refractivity contribution in [1.82, 2.24) is 25.1 Å². The zero-order chi connectivity index (χ0) is 22.3. The van der Waals surface area contributed by atoms with Gasteiger partial charge in [0.2, 0.25) is 5.91 Å². The van der Waals surface area contributed by atoms with Crippen molar-refractivity contribution in [2.45, 2.75) is 45.4 Å². The van der Waals surface area contributed by atoms with Crippen LogP contribution < -0.4 is 4.90 Å². The number of carbonyl (C=O) groups excluding carboxylic acids is 1. The highest BCUT2D eigenvalue weighted by Gasteiger charge is 2.44. The van der Waals surface area contributed by atoms with Crippen LogP contribution in [0, 0.1) is 0 Å². The molecule has 0 spiro atoms. The summed E-state index contributed by atoms with van der Waals surface area (Å²) in [6.45, 7) is 11.4. The van der Waals surface area contributed by atoms with Gasteiger partial charge in [-0.1, -0.05) is 13.3 Å². The predicted octanol–water partition coefficient (Wildman–Crippen LogP) is 3.25. The van der Waals surface area contributed by atoms with E-state index in [1.165, 1.54) is 0 Å². The highest BCUT2D eigenvalue weighted by atomic mass is 16.5. The topological polar surface area (TPSA) is 90.1 Å².